The average molecular weight is 252 g/mol. The van der Waals surface area contributed by atoms with Crippen LogP contribution >= 0.6 is 11.6 Å². The van der Waals surface area contributed by atoms with Gasteiger partial charge in [-0.25, -0.2) is 9.67 Å². The summed E-state index contributed by atoms with van der Waals surface area (Å²) in [5.74, 6) is 0.167. The Bertz CT molecular complexity index is 566. The van der Waals surface area contributed by atoms with E-state index in [1.807, 2.05) is 0 Å². The summed E-state index contributed by atoms with van der Waals surface area (Å²) >= 11 is 5.75. The van der Waals surface area contributed by atoms with Crippen LogP contribution in [0.1, 0.15) is 10.5 Å². The van der Waals surface area contributed by atoms with Gasteiger partial charge in [0.15, 0.2) is 11.5 Å². The molecule has 3 N–H and O–H groups in total. The molecular weight excluding hydrogens is 242 g/mol. The molecule has 0 aromatic carbocycles. The highest BCUT2D eigenvalue weighted by Gasteiger charge is 2.10. The van der Waals surface area contributed by atoms with Gasteiger partial charge in [0.1, 0.15) is 0 Å². The molecule has 0 aliphatic heterocycles. The zero-order valence-corrected chi connectivity index (χ0v) is 9.77. The highest BCUT2D eigenvalue weighted by molar-refractivity contribution is 6.30. The molecule has 2 aromatic heterocycles. The number of nitrogens with two attached hydrogens (primary N) is 1. The van der Waals surface area contributed by atoms with Gasteiger partial charge < -0.3 is 11.1 Å². The van der Waals surface area contributed by atoms with Crippen LogP contribution in [0.4, 0.5) is 5.69 Å². The normalized spacial score (nSPS) is 10.2. The smallest absolute Gasteiger partial charge is 0.271 e. The van der Waals surface area contributed by atoms with E-state index < -0.39 is 0 Å². The summed E-state index contributed by atoms with van der Waals surface area (Å²) in [5, 5.41) is 6.99. The standard InChI is InChI=1S/C10H10ClN5O/c1-13-10(17)8-2-3-16(15-8)9-7(12)4-6(11)5-14-9/h2-5H,12H2,1H3,(H,13,17). The molecule has 2 heterocycles. The molecule has 0 saturated heterocycles. The predicted octanol–water partition coefficient (Wildman–Crippen LogP) is 0.863. The Labute approximate surface area is 102 Å². The van der Waals surface area contributed by atoms with Gasteiger partial charge in [0.25, 0.3) is 5.91 Å². The van der Waals surface area contributed by atoms with Crippen LogP contribution in [0.25, 0.3) is 5.82 Å². The second kappa shape index (κ2) is 4.42. The first-order valence-electron chi connectivity index (χ1n) is 4.81. The number of hydrogen-bond acceptors (Lipinski definition) is 4. The van der Waals surface area contributed by atoms with Gasteiger partial charge in [-0.3, -0.25) is 4.79 Å². The Balaban J connectivity index is 2.40. The quantitative estimate of drug-likeness (QED) is 0.829. The molecule has 0 aliphatic carbocycles. The Morgan fingerprint density at radius 1 is 1.59 bits per heavy atom. The molecule has 1 amide bonds. The van der Waals surface area contributed by atoms with Crippen molar-refractivity contribution in [2.45, 2.75) is 0 Å². The van der Waals surface area contributed by atoms with E-state index in [1.165, 1.54) is 17.9 Å². The van der Waals surface area contributed by atoms with E-state index in [0.717, 1.165) is 0 Å². The van der Waals surface area contributed by atoms with Crippen LogP contribution < -0.4 is 11.1 Å². The first-order chi connectivity index (χ1) is 8.11. The fourth-order valence-corrected chi connectivity index (χ4v) is 1.50. The number of nitrogen functional groups attached to an aromatic ring is 1. The lowest BCUT2D eigenvalue weighted by atomic mass is 10.4. The third-order valence-corrected chi connectivity index (χ3v) is 2.33. The molecule has 0 saturated carbocycles. The summed E-state index contributed by atoms with van der Waals surface area (Å²) in [6.45, 7) is 0. The summed E-state index contributed by atoms with van der Waals surface area (Å²) in [6, 6.07) is 3.15. The highest BCUT2D eigenvalue weighted by atomic mass is 35.5. The lowest BCUT2D eigenvalue weighted by Gasteiger charge is -2.04. The Morgan fingerprint density at radius 3 is 3.00 bits per heavy atom. The second-order valence-electron chi connectivity index (χ2n) is 3.29. The number of anilines is 1. The zero-order chi connectivity index (χ0) is 12.4. The summed E-state index contributed by atoms with van der Waals surface area (Å²) in [5.41, 5.74) is 6.45. The SMILES string of the molecule is CNC(=O)c1ccn(-c2ncc(Cl)cc2N)n1. The van der Waals surface area contributed by atoms with Crippen molar-refractivity contribution in [1.82, 2.24) is 20.1 Å². The lowest BCUT2D eigenvalue weighted by Crippen LogP contribution is -2.18. The minimum atomic E-state index is -0.267. The molecule has 0 bridgehead atoms. The molecule has 0 fully saturated rings. The van der Waals surface area contributed by atoms with Crippen molar-refractivity contribution in [3.63, 3.8) is 0 Å². The van der Waals surface area contributed by atoms with E-state index >= 15 is 0 Å². The number of rotatable bonds is 2. The molecule has 17 heavy (non-hydrogen) atoms. The van der Waals surface area contributed by atoms with E-state index in [0.29, 0.717) is 22.2 Å². The van der Waals surface area contributed by atoms with Crippen molar-refractivity contribution in [3.8, 4) is 5.82 Å². The van der Waals surface area contributed by atoms with Gasteiger partial charge in [0.05, 0.1) is 10.7 Å². The Kier molecular flexibility index (Phi) is 2.97. The van der Waals surface area contributed by atoms with Gasteiger partial charge in [0.2, 0.25) is 0 Å². The van der Waals surface area contributed by atoms with Crippen molar-refractivity contribution in [2.75, 3.05) is 12.8 Å². The highest BCUT2D eigenvalue weighted by Crippen LogP contribution is 2.18. The van der Waals surface area contributed by atoms with Crippen molar-refractivity contribution in [1.29, 1.82) is 0 Å². The Hall–Kier alpha value is -2.08. The number of carbonyl (C=O) groups excluding carboxylic acids is 1. The summed E-state index contributed by atoms with van der Waals surface area (Å²) in [6.07, 6.45) is 3.08. The van der Waals surface area contributed by atoms with Crippen LogP contribution in [-0.4, -0.2) is 27.7 Å². The first kappa shape index (κ1) is 11.4. The lowest BCUT2D eigenvalue weighted by molar-refractivity contribution is 0.0957. The van der Waals surface area contributed by atoms with E-state index in [2.05, 4.69) is 15.4 Å². The average Bonchev–Trinajstić information content (AvgIpc) is 2.77. The van der Waals surface area contributed by atoms with Crippen LogP contribution in [0.5, 0.6) is 0 Å². The summed E-state index contributed by atoms with van der Waals surface area (Å²) in [4.78, 5) is 15.4. The molecule has 0 radical (unpaired) electrons. The molecule has 0 aliphatic rings. The maximum absolute atomic E-state index is 11.3. The largest absolute Gasteiger partial charge is 0.396 e. The van der Waals surface area contributed by atoms with Crippen LogP contribution in [0.2, 0.25) is 5.02 Å². The Morgan fingerprint density at radius 2 is 2.35 bits per heavy atom. The molecule has 0 spiro atoms. The van der Waals surface area contributed by atoms with Crippen LogP contribution in [0, 0.1) is 0 Å². The number of pyridine rings is 1. The number of nitrogens with zero attached hydrogens (tertiary/aromatic N) is 3. The molecule has 0 unspecified atom stereocenters. The minimum Gasteiger partial charge on any atom is -0.396 e. The zero-order valence-electron chi connectivity index (χ0n) is 9.01. The number of amides is 1. The van der Waals surface area contributed by atoms with E-state index in [1.54, 1.807) is 18.3 Å². The number of nitrogens with one attached hydrogen (secondary N) is 1. The first-order valence-corrected chi connectivity index (χ1v) is 5.18. The fraction of sp³-hybridized carbons (Fsp3) is 0.100. The number of carbonyl (C=O) groups is 1. The van der Waals surface area contributed by atoms with E-state index in [4.69, 9.17) is 17.3 Å². The molecule has 2 rings (SSSR count). The van der Waals surface area contributed by atoms with Gasteiger partial charge in [-0.05, 0) is 12.1 Å². The number of hydrogen-bond donors (Lipinski definition) is 2. The fourth-order valence-electron chi connectivity index (χ4n) is 1.33. The van der Waals surface area contributed by atoms with Crippen LogP contribution in [0.3, 0.4) is 0 Å². The molecule has 88 valence electrons. The third-order valence-electron chi connectivity index (χ3n) is 2.13. The van der Waals surface area contributed by atoms with Gasteiger partial charge in [-0.15, -0.1) is 0 Å². The van der Waals surface area contributed by atoms with E-state index in [9.17, 15) is 4.79 Å². The van der Waals surface area contributed by atoms with Crippen molar-refractivity contribution in [3.05, 3.63) is 35.2 Å². The van der Waals surface area contributed by atoms with Gasteiger partial charge in [-0.1, -0.05) is 11.6 Å². The maximum atomic E-state index is 11.3. The molecule has 2 aromatic rings. The minimum absolute atomic E-state index is 0.267. The molecular formula is C10H10ClN5O. The summed E-state index contributed by atoms with van der Waals surface area (Å²) in [7, 11) is 1.54. The maximum Gasteiger partial charge on any atom is 0.271 e. The van der Waals surface area contributed by atoms with Crippen LogP contribution in [0.15, 0.2) is 24.5 Å². The monoisotopic (exact) mass is 251 g/mol. The predicted molar refractivity (Wildman–Crippen MR) is 64.2 cm³/mol. The summed E-state index contributed by atoms with van der Waals surface area (Å²) < 4.78 is 1.43. The van der Waals surface area contributed by atoms with Crippen molar-refractivity contribution >= 4 is 23.2 Å². The van der Waals surface area contributed by atoms with Gasteiger partial charge >= 0.3 is 0 Å². The topological polar surface area (TPSA) is 85.8 Å². The van der Waals surface area contributed by atoms with Gasteiger partial charge in [-0.2, -0.15) is 5.10 Å². The molecule has 0 atom stereocenters. The van der Waals surface area contributed by atoms with Crippen molar-refractivity contribution in [2.24, 2.45) is 0 Å². The second-order valence-corrected chi connectivity index (χ2v) is 3.73. The number of aromatic nitrogens is 3. The number of halogens is 1. The van der Waals surface area contributed by atoms with E-state index in [-0.39, 0.29) is 5.91 Å². The van der Waals surface area contributed by atoms with Crippen molar-refractivity contribution < 1.29 is 4.79 Å². The van der Waals surface area contributed by atoms with Crippen LogP contribution in [-0.2, 0) is 0 Å². The third kappa shape index (κ3) is 2.21. The molecule has 6 nitrogen and oxygen atoms in total. The van der Waals surface area contributed by atoms with Gasteiger partial charge in [0, 0.05) is 19.4 Å². The molecule has 7 heteroatoms.